The number of amides is 3. The predicted molar refractivity (Wildman–Crippen MR) is 135 cm³/mol. The van der Waals surface area contributed by atoms with E-state index in [-0.39, 0.29) is 18.6 Å². The molecule has 33 heavy (non-hydrogen) atoms. The molecule has 0 radical (unpaired) electrons. The quantitative estimate of drug-likeness (QED) is 0.180. The van der Waals surface area contributed by atoms with E-state index in [0.717, 1.165) is 0 Å². The zero-order valence-corrected chi connectivity index (χ0v) is 21.2. The van der Waals surface area contributed by atoms with Crippen LogP contribution in [0.4, 0.5) is 5.69 Å². The molecule has 0 unspecified atom stereocenters. The van der Waals surface area contributed by atoms with Gasteiger partial charge in [-0.05, 0) is 65.8 Å². The summed E-state index contributed by atoms with van der Waals surface area (Å²) in [5.74, 6) is -1.26. The van der Waals surface area contributed by atoms with Crippen LogP contribution in [0, 0.1) is 3.57 Å². The first-order valence-electron chi connectivity index (χ1n) is 9.93. The third kappa shape index (κ3) is 8.21. The van der Waals surface area contributed by atoms with Crippen molar-refractivity contribution in [2.75, 3.05) is 19.0 Å². The molecule has 0 spiro atoms. The molecule has 0 aliphatic carbocycles. The highest BCUT2D eigenvalue weighted by Crippen LogP contribution is 2.33. The average molecular weight is 587 g/mol. The molecule has 3 amide bonds. The van der Waals surface area contributed by atoms with Crippen LogP contribution in [0.3, 0.4) is 0 Å². The summed E-state index contributed by atoms with van der Waals surface area (Å²) in [5, 5.41) is 9.46. The van der Waals surface area contributed by atoms with Crippen LogP contribution in [0.2, 0.25) is 5.02 Å². The van der Waals surface area contributed by atoms with Crippen molar-refractivity contribution in [2.24, 2.45) is 5.10 Å². The van der Waals surface area contributed by atoms with Crippen LogP contribution in [0.15, 0.2) is 41.5 Å². The molecule has 2 aromatic carbocycles. The third-order valence-corrected chi connectivity index (χ3v) is 5.45. The molecular weight excluding hydrogens is 563 g/mol. The van der Waals surface area contributed by atoms with Gasteiger partial charge in [-0.15, -0.1) is 0 Å². The number of ether oxygens (including phenoxy) is 2. The van der Waals surface area contributed by atoms with Crippen molar-refractivity contribution >= 4 is 63.8 Å². The number of nitrogens with zero attached hydrogens (tertiary/aromatic N) is 1. The molecule has 0 saturated heterocycles. The van der Waals surface area contributed by atoms with Gasteiger partial charge >= 0.3 is 11.8 Å². The molecule has 0 bridgehead atoms. The van der Waals surface area contributed by atoms with Gasteiger partial charge in [-0.3, -0.25) is 14.4 Å². The number of benzene rings is 2. The van der Waals surface area contributed by atoms with Crippen LogP contribution >= 0.6 is 34.2 Å². The Bertz CT molecular complexity index is 1050. The molecule has 0 aliphatic rings. The molecule has 0 heterocycles. The van der Waals surface area contributed by atoms with Gasteiger partial charge in [0.05, 0.1) is 27.6 Å². The van der Waals surface area contributed by atoms with Crippen LogP contribution in [0.5, 0.6) is 11.5 Å². The minimum absolute atomic E-state index is 0.114. The third-order valence-electron chi connectivity index (χ3n) is 4.32. The number of rotatable bonds is 9. The minimum atomic E-state index is -0.863. The standard InChI is InChI=1S/C22H24ClIN4O5/c1-4-13(2)26-21(30)22(31)28-25-11-14-9-16(24)20(18(10-14)32-3)33-12-19(29)27-17-8-6-5-7-15(17)23/h5-11,13H,4,12H2,1-3H3,(H,26,30)(H,27,29)(H,28,31)/b25-11-/t13-/m0/s1. The number of halogens is 2. The monoisotopic (exact) mass is 586 g/mol. The highest BCUT2D eigenvalue weighted by Gasteiger charge is 2.16. The second kappa shape index (κ2) is 13.0. The Labute approximate surface area is 210 Å². The van der Waals surface area contributed by atoms with Gasteiger partial charge in [-0.1, -0.05) is 30.7 Å². The summed E-state index contributed by atoms with van der Waals surface area (Å²) in [7, 11) is 1.46. The maximum Gasteiger partial charge on any atom is 0.329 e. The minimum Gasteiger partial charge on any atom is -0.493 e. The summed E-state index contributed by atoms with van der Waals surface area (Å²) in [6.45, 7) is 3.44. The second-order valence-electron chi connectivity index (χ2n) is 6.83. The van der Waals surface area contributed by atoms with E-state index in [4.69, 9.17) is 21.1 Å². The molecule has 0 saturated carbocycles. The Kier molecular flexibility index (Phi) is 10.4. The Morgan fingerprint density at radius 1 is 1.21 bits per heavy atom. The molecule has 0 aromatic heterocycles. The summed E-state index contributed by atoms with van der Waals surface area (Å²) in [5.41, 5.74) is 3.26. The van der Waals surface area contributed by atoms with Crippen molar-refractivity contribution in [2.45, 2.75) is 26.3 Å². The number of nitrogens with one attached hydrogen (secondary N) is 3. The average Bonchev–Trinajstić information content (AvgIpc) is 2.79. The summed E-state index contributed by atoms with van der Waals surface area (Å²) >= 11 is 8.08. The van der Waals surface area contributed by atoms with Crippen molar-refractivity contribution in [1.29, 1.82) is 0 Å². The number of hydrogen-bond acceptors (Lipinski definition) is 6. The van der Waals surface area contributed by atoms with Crippen molar-refractivity contribution < 1.29 is 23.9 Å². The normalized spacial score (nSPS) is 11.5. The van der Waals surface area contributed by atoms with E-state index in [1.54, 1.807) is 43.3 Å². The van der Waals surface area contributed by atoms with E-state index >= 15 is 0 Å². The lowest BCUT2D eigenvalue weighted by Gasteiger charge is -2.14. The lowest BCUT2D eigenvalue weighted by atomic mass is 10.2. The molecule has 2 rings (SSSR count). The van der Waals surface area contributed by atoms with E-state index in [0.29, 0.717) is 37.8 Å². The number of carbonyl (C=O) groups is 3. The van der Waals surface area contributed by atoms with E-state index in [1.165, 1.54) is 13.3 Å². The number of methoxy groups -OCH3 is 1. The van der Waals surface area contributed by atoms with E-state index < -0.39 is 11.8 Å². The van der Waals surface area contributed by atoms with Crippen molar-refractivity contribution in [1.82, 2.24) is 10.7 Å². The molecule has 11 heteroatoms. The van der Waals surface area contributed by atoms with Gasteiger partial charge in [0.15, 0.2) is 18.1 Å². The van der Waals surface area contributed by atoms with Gasteiger partial charge in [0.1, 0.15) is 0 Å². The molecule has 9 nitrogen and oxygen atoms in total. The molecule has 3 N–H and O–H groups in total. The topological polar surface area (TPSA) is 118 Å². The number of para-hydroxylation sites is 1. The number of hydrogen-bond donors (Lipinski definition) is 3. The second-order valence-corrected chi connectivity index (χ2v) is 8.40. The molecular formula is C22H24ClIN4O5. The predicted octanol–water partition coefficient (Wildman–Crippen LogP) is 3.34. The molecule has 0 fully saturated rings. The maximum absolute atomic E-state index is 12.2. The molecule has 2 aromatic rings. The first kappa shape index (κ1) is 26.4. The lowest BCUT2D eigenvalue weighted by Crippen LogP contribution is -2.41. The first-order chi connectivity index (χ1) is 15.7. The Hall–Kier alpha value is -2.86. The largest absolute Gasteiger partial charge is 0.493 e. The van der Waals surface area contributed by atoms with E-state index in [9.17, 15) is 14.4 Å². The SMILES string of the molecule is CC[C@H](C)NC(=O)C(=O)N/N=C\c1cc(I)c(OCC(=O)Nc2ccccc2Cl)c(OC)c1. The van der Waals surface area contributed by atoms with Crippen LogP contribution in [0.1, 0.15) is 25.8 Å². The molecule has 176 valence electrons. The van der Waals surface area contributed by atoms with Crippen LogP contribution < -0.4 is 25.5 Å². The summed E-state index contributed by atoms with van der Waals surface area (Å²) in [4.78, 5) is 35.8. The fourth-order valence-corrected chi connectivity index (χ4v) is 3.41. The molecule has 0 aliphatic heterocycles. The Morgan fingerprint density at radius 3 is 2.61 bits per heavy atom. The Morgan fingerprint density at radius 2 is 1.94 bits per heavy atom. The van der Waals surface area contributed by atoms with Gasteiger partial charge < -0.3 is 20.1 Å². The first-order valence-corrected chi connectivity index (χ1v) is 11.4. The zero-order valence-electron chi connectivity index (χ0n) is 18.3. The Balaban J connectivity index is 2.00. The van der Waals surface area contributed by atoms with Gasteiger partial charge in [0.2, 0.25) is 0 Å². The summed E-state index contributed by atoms with van der Waals surface area (Å²) in [6.07, 6.45) is 2.07. The van der Waals surface area contributed by atoms with Gasteiger partial charge in [0.25, 0.3) is 5.91 Å². The fraction of sp³-hybridized carbons (Fsp3) is 0.273. The maximum atomic E-state index is 12.2. The highest BCUT2D eigenvalue weighted by molar-refractivity contribution is 14.1. The highest BCUT2D eigenvalue weighted by atomic mass is 127. The van der Waals surface area contributed by atoms with E-state index in [2.05, 4.69) is 21.2 Å². The zero-order chi connectivity index (χ0) is 24.4. The fourth-order valence-electron chi connectivity index (χ4n) is 2.45. The van der Waals surface area contributed by atoms with Crippen LogP contribution in [-0.2, 0) is 14.4 Å². The number of hydrazone groups is 1. The van der Waals surface area contributed by atoms with Crippen LogP contribution in [0.25, 0.3) is 0 Å². The van der Waals surface area contributed by atoms with Crippen molar-refractivity contribution in [3.63, 3.8) is 0 Å². The van der Waals surface area contributed by atoms with Gasteiger partial charge in [-0.25, -0.2) is 5.43 Å². The van der Waals surface area contributed by atoms with Crippen LogP contribution in [-0.4, -0.2) is 43.7 Å². The van der Waals surface area contributed by atoms with Crippen molar-refractivity contribution in [3.8, 4) is 11.5 Å². The van der Waals surface area contributed by atoms with Gasteiger partial charge in [0, 0.05) is 6.04 Å². The molecule has 1 atom stereocenters. The lowest BCUT2D eigenvalue weighted by molar-refractivity contribution is -0.139. The number of anilines is 1. The summed E-state index contributed by atoms with van der Waals surface area (Å²) in [6, 6.07) is 10.1. The smallest absolute Gasteiger partial charge is 0.329 e. The summed E-state index contributed by atoms with van der Waals surface area (Å²) < 4.78 is 11.7. The van der Waals surface area contributed by atoms with E-state index in [1.807, 2.05) is 29.5 Å². The van der Waals surface area contributed by atoms with Gasteiger partial charge in [-0.2, -0.15) is 5.10 Å². The number of carbonyl (C=O) groups excluding carboxylic acids is 3. The van der Waals surface area contributed by atoms with Crippen molar-refractivity contribution in [3.05, 3.63) is 50.6 Å².